The molecule has 0 unspecified atom stereocenters. The number of benzene rings is 2. The third kappa shape index (κ3) is 6.34. The summed E-state index contributed by atoms with van der Waals surface area (Å²) in [4.78, 5) is 11.9. The Morgan fingerprint density at radius 2 is 1.89 bits per heavy atom. The van der Waals surface area contributed by atoms with Crippen LogP contribution in [-0.4, -0.2) is 24.8 Å². The van der Waals surface area contributed by atoms with E-state index in [2.05, 4.69) is 17.4 Å². The molecule has 1 aliphatic carbocycles. The van der Waals surface area contributed by atoms with Crippen LogP contribution < -0.4 is 10.1 Å². The fourth-order valence-electron chi connectivity index (χ4n) is 3.08. The van der Waals surface area contributed by atoms with E-state index < -0.39 is 0 Å². The number of amides is 1. The van der Waals surface area contributed by atoms with Gasteiger partial charge in [-0.15, -0.1) is 0 Å². The monoisotopic (exact) mass is 423 g/mol. The summed E-state index contributed by atoms with van der Waals surface area (Å²) in [5.74, 6) is 2.27. The minimum absolute atomic E-state index is 0.0481. The molecule has 0 aromatic heterocycles. The molecule has 0 saturated heterocycles. The first-order valence-electron chi connectivity index (χ1n) is 9.15. The highest BCUT2D eigenvalue weighted by Gasteiger charge is 2.10. The van der Waals surface area contributed by atoms with Gasteiger partial charge in [-0.2, -0.15) is 11.8 Å². The SMILES string of the molecule is O=C(COc1ccc2c(c1)CCCC2)NCCSCc1ccc(Cl)cc1Cl. The first-order valence-corrected chi connectivity index (χ1v) is 11.1. The molecule has 144 valence electrons. The Bertz CT molecular complexity index is 798. The number of carbonyl (C=O) groups is 1. The summed E-state index contributed by atoms with van der Waals surface area (Å²) in [6.45, 7) is 0.648. The standard InChI is InChI=1S/C21H23Cl2NO2S/c22-18-7-5-17(20(23)12-18)14-27-10-9-24-21(25)13-26-19-8-6-15-3-1-2-4-16(15)11-19/h5-8,11-12H,1-4,9-10,13-14H2,(H,24,25). The van der Waals surface area contributed by atoms with Crippen molar-refractivity contribution in [2.75, 3.05) is 18.9 Å². The molecular formula is C21H23Cl2NO2S. The molecule has 2 aromatic rings. The summed E-state index contributed by atoms with van der Waals surface area (Å²) in [6, 6.07) is 11.7. The molecule has 3 rings (SSSR count). The van der Waals surface area contributed by atoms with Crippen molar-refractivity contribution in [3.8, 4) is 5.75 Å². The van der Waals surface area contributed by atoms with Gasteiger partial charge in [0.2, 0.25) is 0 Å². The summed E-state index contributed by atoms with van der Waals surface area (Å²) in [5, 5.41) is 4.20. The number of ether oxygens (including phenoxy) is 1. The van der Waals surface area contributed by atoms with Crippen molar-refractivity contribution in [1.29, 1.82) is 0 Å². The summed E-state index contributed by atoms with van der Waals surface area (Å²) in [5.41, 5.74) is 3.82. The summed E-state index contributed by atoms with van der Waals surface area (Å²) >= 11 is 13.8. The molecule has 1 aliphatic rings. The minimum Gasteiger partial charge on any atom is -0.484 e. The zero-order chi connectivity index (χ0) is 19.1. The lowest BCUT2D eigenvalue weighted by atomic mass is 9.92. The predicted molar refractivity (Wildman–Crippen MR) is 114 cm³/mol. The van der Waals surface area contributed by atoms with Crippen LogP contribution in [0.5, 0.6) is 5.75 Å². The number of halogens is 2. The van der Waals surface area contributed by atoms with E-state index in [9.17, 15) is 4.79 Å². The predicted octanol–water partition coefficient (Wildman–Crippen LogP) is 5.30. The fourth-order valence-corrected chi connectivity index (χ4v) is 4.50. The molecule has 1 amide bonds. The zero-order valence-electron chi connectivity index (χ0n) is 15.1. The average molecular weight is 424 g/mol. The molecule has 0 atom stereocenters. The smallest absolute Gasteiger partial charge is 0.257 e. The molecule has 0 spiro atoms. The molecule has 27 heavy (non-hydrogen) atoms. The summed E-state index contributed by atoms with van der Waals surface area (Å²) in [7, 11) is 0. The van der Waals surface area contributed by atoms with Gasteiger partial charge in [0.15, 0.2) is 6.61 Å². The van der Waals surface area contributed by atoms with Crippen molar-refractivity contribution in [3.05, 3.63) is 63.1 Å². The summed E-state index contributed by atoms with van der Waals surface area (Å²) in [6.07, 6.45) is 4.75. The first-order chi connectivity index (χ1) is 13.1. The van der Waals surface area contributed by atoms with Gasteiger partial charge >= 0.3 is 0 Å². The third-order valence-corrected chi connectivity index (χ3v) is 6.13. The molecular weight excluding hydrogens is 401 g/mol. The lowest BCUT2D eigenvalue weighted by molar-refractivity contribution is -0.122. The Balaban J connectivity index is 1.33. The molecule has 0 fully saturated rings. The highest BCUT2D eigenvalue weighted by atomic mass is 35.5. The van der Waals surface area contributed by atoms with Gasteiger partial charge in [-0.1, -0.05) is 35.3 Å². The normalized spacial score (nSPS) is 13.1. The van der Waals surface area contributed by atoms with Crippen molar-refractivity contribution in [1.82, 2.24) is 5.32 Å². The van der Waals surface area contributed by atoms with Crippen LogP contribution in [0.25, 0.3) is 0 Å². The number of thioether (sulfide) groups is 1. The van der Waals surface area contributed by atoms with Gasteiger partial charge in [0.25, 0.3) is 5.91 Å². The van der Waals surface area contributed by atoms with Crippen molar-refractivity contribution < 1.29 is 9.53 Å². The Hall–Kier alpha value is -1.36. The number of nitrogens with one attached hydrogen (secondary N) is 1. The number of fused-ring (bicyclic) bond motifs is 1. The van der Waals surface area contributed by atoms with Crippen molar-refractivity contribution in [2.24, 2.45) is 0 Å². The summed E-state index contributed by atoms with van der Waals surface area (Å²) < 4.78 is 5.64. The quantitative estimate of drug-likeness (QED) is 0.585. The van der Waals surface area contributed by atoms with Crippen molar-refractivity contribution in [2.45, 2.75) is 31.4 Å². The van der Waals surface area contributed by atoms with E-state index in [-0.39, 0.29) is 12.5 Å². The molecule has 0 saturated carbocycles. The van der Waals surface area contributed by atoms with E-state index in [1.54, 1.807) is 17.8 Å². The fraction of sp³-hybridized carbons (Fsp3) is 0.381. The van der Waals surface area contributed by atoms with Gasteiger partial charge in [-0.3, -0.25) is 4.79 Å². The number of rotatable bonds is 8. The molecule has 6 heteroatoms. The van der Waals surface area contributed by atoms with Crippen LogP contribution in [0.4, 0.5) is 0 Å². The van der Waals surface area contributed by atoms with Crippen LogP contribution in [-0.2, 0) is 23.4 Å². The van der Waals surface area contributed by atoms with E-state index in [1.165, 1.54) is 24.0 Å². The van der Waals surface area contributed by atoms with Crippen LogP contribution in [0.15, 0.2) is 36.4 Å². The molecule has 0 bridgehead atoms. The number of carbonyl (C=O) groups excluding carboxylic acids is 1. The minimum atomic E-state index is -0.0992. The van der Waals surface area contributed by atoms with Gasteiger partial charge in [0, 0.05) is 28.1 Å². The van der Waals surface area contributed by atoms with Crippen molar-refractivity contribution in [3.63, 3.8) is 0 Å². The second-order valence-corrected chi connectivity index (χ2v) is 8.51. The lowest BCUT2D eigenvalue weighted by Gasteiger charge is -2.16. The maximum Gasteiger partial charge on any atom is 0.257 e. The molecule has 3 nitrogen and oxygen atoms in total. The Morgan fingerprint density at radius 1 is 1.07 bits per heavy atom. The second kappa shape index (κ2) is 10.3. The van der Waals surface area contributed by atoms with Gasteiger partial charge in [-0.05, 0) is 66.6 Å². The van der Waals surface area contributed by atoms with E-state index in [4.69, 9.17) is 27.9 Å². The molecule has 0 radical (unpaired) electrons. The van der Waals surface area contributed by atoms with Gasteiger partial charge in [0.1, 0.15) is 5.75 Å². The van der Waals surface area contributed by atoms with Gasteiger partial charge in [0.05, 0.1) is 0 Å². The maximum absolute atomic E-state index is 11.9. The Labute approximate surface area is 174 Å². The van der Waals surface area contributed by atoms with Crippen LogP contribution in [0.1, 0.15) is 29.5 Å². The molecule has 0 heterocycles. The average Bonchev–Trinajstić information content (AvgIpc) is 2.67. The largest absolute Gasteiger partial charge is 0.484 e. The van der Waals surface area contributed by atoms with E-state index in [1.807, 2.05) is 18.2 Å². The second-order valence-electron chi connectivity index (χ2n) is 6.56. The number of hydrogen-bond donors (Lipinski definition) is 1. The number of hydrogen-bond acceptors (Lipinski definition) is 3. The highest BCUT2D eigenvalue weighted by molar-refractivity contribution is 7.98. The molecule has 1 N–H and O–H groups in total. The first kappa shape index (κ1) is 20.4. The van der Waals surface area contributed by atoms with E-state index in [0.717, 1.165) is 35.7 Å². The highest BCUT2D eigenvalue weighted by Crippen LogP contribution is 2.26. The van der Waals surface area contributed by atoms with E-state index >= 15 is 0 Å². The van der Waals surface area contributed by atoms with Crippen molar-refractivity contribution >= 4 is 40.9 Å². The van der Waals surface area contributed by atoms with Crippen LogP contribution in [0, 0.1) is 0 Å². The lowest BCUT2D eigenvalue weighted by Crippen LogP contribution is -2.30. The molecule has 2 aromatic carbocycles. The van der Waals surface area contributed by atoms with Gasteiger partial charge in [-0.25, -0.2) is 0 Å². The Kier molecular flexibility index (Phi) is 7.74. The molecule has 0 aliphatic heterocycles. The Morgan fingerprint density at radius 3 is 2.70 bits per heavy atom. The van der Waals surface area contributed by atoms with Crippen LogP contribution >= 0.6 is 35.0 Å². The number of aryl methyl sites for hydroxylation is 2. The van der Waals surface area contributed by atoms with Crippen LogP contribution in [0.2, 0.25) is 10.0 Å². The topological polar surface area (TPSA) is 38.3 Å². The van der Waals surface area contributed by atoms with E-state index in [0.29, 0.717) is 16.6 Å². The zero-order valence-corrected chi connectivity index (χ0v) is 17.4. The third-order valence-electron chi connectivity index (χ3n) is 4.53. The maximum atomic E-state index is 11.9. The van der Waals surface area contributed by atoms with Gasteiger partial charge < -0.3 is 10.1 Å². The van der Waals surface area contributed by atoms with Crippen LogP contribution in [0.3, 0.4) is 0 Å².